The summed E-state index contributed by atoms with van der Waals surface area (Å²) in [6, 6.07) is 18.6. The summed E-state index contributed by atoms with van der Waals surface area (Å²) in [6.07, 6.45) is 2.67. The molecule has 204 valence electrons. The van der Waals surface area contributed by atoms with Gasteiger partial charge in [0.2, 0.25) is 0 Å². The molecule has 0 radical (unpaired) electrons. The number of hydrogen-bond donors (Lipinski definition) is 0. The van der Waals surface area contributed by atoms with Crippen molar-refractivity contribution in [2.24, 2.45) is 0 Å². The molecule has 0 N–H and O–H groups in total. The first-order chi connectivity index (χ1) is 19.0. The standard InChI is InChI=1S/C32H27BrF2N2O3/c1-32(2,3)20-10-7-19(8-11-20)9-13-22-18-24(23-17-21(33)12-14-27(23)36-22)31(39)40-28-15-16-37(30(28)38)29-25(34)5-4-6-26(29)35/h4-14,17-18,28H,15-16H2,1-3H3/b13-9+. The highest BCUT2D eigenvalue weighted by molar-refractivity contribution is 9.10. The highest BCUT2D eigenvalue weighted by atomic mass is 79.9. The number of anilines is 1. The predicted octanol–water partition coefficient (Wildman–Crippen LogP) is 7.71. The quantitative estimate of drug-likeness (QED) is 0.219. The molecule has 5 rings (SSSR count). The Morgan fingerprint density at radius 3 is 2.40 bits per heavy atom. The summed E-state index contributed by atoms with van der Waals surface area (Å²) in [5, 5.41) is 0.550. The molecule has 1 atom stereocenters. The fraction of sp³-hybridized carbons (Fsp3) is 0.219. The second-order valence-electron chi connectivity index (χ2n) is 10.7. The molecule has 1 amide bonds. The van der Waals surface area contributed by atoms with Gasteiger partial charge in [-0.25, -0.2) is 18.6 Å². The first kappa shape index (κ1) is 27.6. The second-order valence-corrected chi connectivity index (χ2v) is 11.6. The summed E-state index contributed by atoms with van der Waals surface area (Å²) in [6.45, 7) is 6.50. The van der Waals surface area contributed by atoms with E-state index in [-0.39, 0.29) is 23.9 Å². The average Bonchev–Trinajstić information content (AvgIpc) is 3.26. The molecule has 1 unspecified atom stereocenters. The number of pyridine rings is 1. The van der Waals surface area contributed by atoms with Gasteiger partial charge in [0.1, 0.15) is 17.3 Å². The minimum Gasteiger partial charge on any atom is -0.449 e. The zero-order valence-corrected chi connectivity index (χ0v) is 23.8. The molecular weight excluding hydrogens is 578 g/mol. The second kappa shape index (κ2) is 10.9. The number of benzene rings is 3. The van der Waals surface area contributed by atoms with Crippen LogP contribution < -0.4 is 4.90 Å². The van der Waals surface area contributed by atoms with Crippen molar-refractivity contribution in [2.45, 2.75) is 38.7 Å². The largest absolute Gasteiger partial charge is 0.449 e. The van der Waals surface area contributed by atoms with E-state index in [0.29, 0.717) is 16.6 Å². The minimum atomic E-state index is -1.16. The smallest absolute Gasteiger partial charge is 0.339 e. The highest BCUT2D eigenvalue weighted by Gasteiger charge is 2.38. The maximum atomic E-state index is 14.3. The van der Waals surface area contributed by atoms with Gasteiger partial charge in [-0.1, -0.05) is 73.1 Å². The Hall–Kier alpha value is -3.91. The van der Waals surface area contributed by atoms with Crippen molar-refractivity contribution in [1.82, 2.24) is 4.98 Å². The van der Waals surface area contributed by atoms with Gasteiger partial charge in [-0.2, -0.15) is 0 Å². The zero-order chi connectivity index (χ0) is 28.6. The summed E-state index contributed by atoms with van der Waals surface area (Å²) in [7, 11) is 0. The molecular formula is C32H27BrF2N2O3. The molecule has 40 heavy (non-hydrogen) atoms. The molecule has 0 saturated carbocycles. The van der Waals surface area contributed by atoms with Crippen molar-refractivity contribution < 1.29 is 23.1 Å². The van der Waals surface area contributed by atoms with Gasteiger partial charge in [-0.05, 0) is 59.0 Å². The van der Waals surface area contributed by atoms with Gasteiger partial charge in [-0.3, -0.25) is 4.79 Å². The number of esters is 1. The van der Waals surface area contributed by atoms with E-state index in [1.54, 1.807) is 18.2 Å². The number of carbonyl (C=O) groups is 2. The number of halogens is 3. The number of amides is 1. The molecule has 1 saturated heterocycles. The number of rotatable bonds is 5. The molecule has 1 fully saturated rings. The number of carbonyl (C=O) groups excluding carboxylic acids is 2. The van der Waals surface area contributed by atoms with E-state index in [4.69, 9.17) is 4.74 Å². The number of nitrogens with zero attached hydrogens (tertiary/aromatic N) is 2. The zero-order valence-electron chi connectivity index (χ0n) is 22.3. The van der Waals surface area contributed by atoms with Crippen molar-refractivity contribution in [1.29, 1.82) is 0 Å². The van der Waals surface area contributed by atoms with Crippen LogP contribution in [0, 0.1) is 11.6 Å². The Balaban J connectivity index is 1.42. The lowest BCUT2D eigenvalue weighted by molar-refractivity contribution is -0.124. The molecule has 4 aromatic rings. The number of aromatic nitrogens is 1. The van der Waals surface area contributed by atoms with E-state index in [1.165, 1.54) is 11.6 Å². The summed E-state index contributed by atoms with van der Waals surface area (Å²) in [4.78, 5) is 32.1. The molecule has 5 nitrogen and oxygen atoms in total. The fourth-order valence-electron chi connectivity index (χ4n) is 4.67. The van der Waals surface area contributed by atoms with Crippen molar-refractivity contribution >= 4 is 56.5 Å². The van der Waals surface area contributed by atoms with Crippen LogP contribution in [0.15, 0.2) is 71.2 Å². The summed E-state index contributed by atoms with van der Waals surface area (Å²) < 4.78 is 34.9. The van der Waals surface area contributed by atoms with Gasteiger partial charge in [-0.15, -0.1) is 0 Å². The monoisotopic (exact) mass is 604 g/mol. The molecule has 3 aromatic carbocycles. The van der Waals surface area contributed by atoms with Crippen molar-refractivity contribution in [3.8, 4) is 0 Å². The minimum absolute atomic E-state index is 0.0270. The topological polar surface area (TPSA) is 59.5 Å². The molecule has 0 bridgehead atoms. The van der Waals surface area contributed by atoms with Gasteiger partial charge < -0.3 is 9.64 Å². The molecule has 1 aromatic heterocycles. The Labute approximate surface area is 239 Å². The third-order valence-electron chi connectivity index (χ3n) is 6.85. The van der Waals surface area contributed by atoms with Gasteiger partial charge >= 0.3 is 5.97 Å². The fourth-order valence-corrected chi connectivity index (χ4v) is 5.03. The van der Waals surface area contributed by atoms with E-state index in [9.17, 15) is 18.4 Å². The number of hydrogen-bond acceptors (Lipinski definition) is 4. The van der Waals surface area contributed by atoms with Crippen LogP contribution in [-0.4, -0.2) is 29.5 Å². The lowest BCUT2D eigenvalue weighted by Crippen LogP contribution is -2.33. The first-order valence-corrected chi connectivity index (χ1v) is 13.7. The van der Waals surface area contributed by atoms with E-state index < -0.39 is 35.3 Å². The van der Waals surface area contributed by atoms with Gasteiger partial charge in [0.05, 0.1) is 16.8 Å². The average molecular weight is 605 g/mol. The molecule has 0 aliphatic carbocycles. The first-order valence-electron chi connectivity index (χ1n) is 12.9. The van der Waals surface area contributed by atoms with Crippen LogP contribution in [0.1, 0.15) is 54.4 Å². The molecule has 0 spiro atoms. The van der Waals surface area contributed by atoms with Gasteiger partial charge in [0, 0.05) is 22.8 Å². The highest BCUT2D eigenvalue weighted by Crippen LogP contribution is 2.30. The SMILES string of the molecule is CC(C)(C)c1ccc(/C=C/c2cc(C(=O)OC3CCN(c4c(F)cccc4F)C3=O)c3cc(Br)ccc3n2)cc1. The van der Waals surface area contributed by atoms with E-state index in [0.717, 1.165) is 27.1 Å². The predicted molar refractivity (Wildman–Crippen MR) is 156 cm³/mol. The maximum Gasteiger partial charge on any atom is 0.339 e. The van der Waals surface area contributed by atoms with Crippen molar-refractivity contribution in [2.75, 3.05) is 11.4 Å². The molecule has 1 aliphatic heterocycles. The Bertz CT molecular complexity index is 1620. The van der Waals surface area contributed by atoms with Crippen LogP contribution in [0.2, 0.25) is 0 Å². The van der Waals surface area contributed by atoms with E-state index in [1.807, 2.05) is 30.4 Å². The van der Waals surface area contributed by atoms with Crippen LogP contribution in [-0.2, 0) is 14.9 Å². The van der Waals surface area contributed by atoms with Crippen LogP contribution in [0.3, 0.4) is 0 Å². The molecule has 8 heteroatoms. The van der Waals surface area contributed by atoms with Crippen LogP contribution in [0.25, 0.3) is 23.1 Å². The van der Waals surface area contributed by atoms with Gasteiger partial charge in [0.25, 0.3) is 5.91 Å². The van der Waals surface area contributed by atoms with Crippen molar-refractivity contribution in [3.63, 3.8) is 0 Å². The van der Waals surface area contributed by atoms with Gasteiger partial charge in [0.15, 0.2) is 6.10 Å². The molecule has 1 aliphatic rings. The third kappa shape index (κ3) is 5.68. The lowest BCUT2D eigenvalue weighted by Gasteiger charge is -2.18. The lowest BCUT2D eigenvalue weighted by atomic mass is 9.87. The normalized spacial score (nSPS) is 15.8. The summed E-state index contributed by atoms with van der Waals surface area (Å²) >= 11 is 3.43. The number of para-hydroxylation sites is 1. The Kier molecular flexibility index (Phi) is 7.55. The number of ether oxygens (including phenoxy) is 1. The number of fused-ring (bicyclic) bond motifs is 1. The Morgan fingerprint density at radius 1 is 1.02 bits per heavy atom. The van der Waals surface area contributed by atoms with Crippen LogP contribution >= 0.6 is 15.9 Å². The third-order valence-corrected chi connectivity index (χ3v) is 7.34. The Morgan fingerprint density at radius 2 is 1.73 bits per heavy atom. The van der Waals surface area contributed by atoms with E-state index in [2.05, 4.69) is 53.8 Å². The molecule has 2 heterocycles. The van der Waals surface area contributed by atoms with Crippen LogP contribution in [0.4, 0.5) is 14.5 Å². The summed E-state index contributed by atoms with van der Waals surface area (Å²) in [5.41, 5.74) is 3.16. The van der Waals surface area contributed by atoms with Crippen LogP contribution in [0.5, 0.6) is 0 Å². The maximum absolute atomic E-state index is 14.3. The summed E-state index contributed by atoms with van der Waals surface area (Å²) in [5.74, 6) is -3.09. The van der Waals surface area contributed by atoms with E-state index >= 15 is 0 Å². The van der Waals surface area contributed by atoms with Crippen molar-refractivity contribution in [3.05, 3.63) is 105 Å².